The van der Waals surface area contributed by atoms with Gasteiger partial charge in [0.1, 0.15) is 6.54 Å². The number of hydrogen-bond donors (Lipinski definition) is 3. The number of amides is 3. The fraction of sp³-hybridized carbons (Fsp3) is 0.182. The molecule has 1 aromatic rings. The molecule has 0 aliphatic heterocycles. The van der Waals surface area contributed by atoms with Crippen molar-refractivity contribution in [3.05, 3.63) is 29.3 Å². The zero-order valence-electron chi connectivity index (χ0n) is 9.80. The van der Waals surface area contributed by atoms with Gasteiger partial charge in [-0.2, -0.15) is 0 Å². The quantitative estimate of drug-likeness (QED) is 0.728. The van der Waals surface area contributed by atoms with Crippen molar-refractivity contribution in [1.29, 1.82) is 0 Å². The number of hydrogen-bond acceptors (Lipinski definition) is 3. The number of rotatable bonds is 5. The van der Waals surface area contributed by atoms with E-state index in [4.69, 9.17) is 22.4 Å². The van der Waals surface area contributed by atoms with Gasteiger partial charge in [-0.3, -0.25) is 14.5 Å². The van der Waals surface area contributed by atoms with Gasteiger partial charge in [0.2, 0.25) is 5.91 Å². The molecule has 0 bridgehead atoms. The van der Waals surface area contributed by atoms with Gasteiger partial charge in [-0.05, 0) is 18.2 Å². The Kier molecular flexibility index (Phi) is 5.13. The summed E-state index contributed by atoms with van der Waals surface area (Å²) in [6.07, 6.45) is 0. The number of halogens is 1. The van der Waals surface area contributed by atoms with Crippen LogP contribution in [0.25, 0.3) is 0 Å². The highest BCUT2D eigenvalue weighted by molar-refractivity contribution is 6.30. The molecule has 4 N–H and O–H groups in total. The monoisotopic (exact) mass is 285 g/mol. The highest BCUT2D eigenvalue weighted by atomic mass is 35.5. The molecular formula is C11H12ClN3O4. The number of nitrogens with zero attached hydrogens (tertiary/aromatic N) is 1. The van der Waals surface area contributed by atoms with Crippen molar-refractivity contribution in [2.24, 2.45) is 5.73 Å². The van der Waals surface area contributed by atoms with Crippen LogP contribution in [-0.4, -0.2) is 36.1 Å². The molecule has 0 radical (unpaired) electrons. The van der Waals surface area contributed by atoms with E-state index in [9.17, 15) is 14.4 Å². The van der Waals surface area contributed by atoms with Crippen LogP contribution in [0.4, 0.5) is 10.5 Å². The maximum absolute atomic E-state index is 11.8. The predicted octanol–water partition coefficient (Wildman–Crippen LogP) is 0.426. The minimum atomic E-state index is -1.20. The number of carboxylic acid groups (broad SMARTS) is 1. The molecule has 8 heteroatoms. The Hall–Kier alpha value is -2.28. The number of nitrogens with two attached hydrogens (primary N) is 1. The van der Waals surface area contributed by atoms with Crippen LogP contribution < -0.4 is 16.0 Å². The highest BCUT2D eigenvalue weighted by Gasteiger charge is 2.19. The first-order valence-electron chi connectivity index (χ1n) is 5.21. The van der Waals surface area contributed by atoms with Crippen molar-refractivity contribution in [1.82, 2.24) is 5.32 Å². The van der Waals surface area contributed by atoms with Crippen LogP contribution in [0.1, 0.15) is 0 Å². The molecule has 3 amide bonds. The summed E-state index contributed by atoms with van der Waals surface area (Å²) in [7, 11) is 0. The molecule has 0 aliphatic rings. The second kappa shape index (κ2) is 6.60. The molecule has 0 unspecified atom stereocenters. The van der Waals surface area contributed by atoms with Crippen LogP contribution in [-0.2, 0) is 9.59 Å². The third-order valence-electron chi connectivity index (χ3n) is 2.07. The summed E-state index contributed by atoms with van der Waals surface area (Å²) < 4.78 is 0. The third kappa shape index (κ3) is 4.84. The minimum Gasteiger partial charge on any atom is -0.480 e. The van der Waals surface area contributed by atoms with E-state index in [2.05, 4.69) is 5.32 Å². The van der Waals surface area contributed by atoms with Gasteiger partial charge in [-0.15, -0.1) is 0 Å². The second-order valence-electron chi connectivity index (χ2n) is 3.58. The third-order valence-corrected chi connectivity index (χ3v) is 2.31. The number of primary amides is 1. The number of carbonyl (C=O) groups excluding carboxylic acids is 2. The molecule has 0 aliphatic carbocycles. The summed E-state index contributed by atoms with van der Waals surface area (Å²) in [5, 5.41) is 11.4. The van der Waals surface area contributed by atoms with Gasteiger partial charge in [-0.1, -0.05) is 17.7 Å². The summed E-state index contributed by atoms with van der Waals surface area (Å²) in [4.78, 5) is 34.1. The van der Waals surface area contributed by atoms with Crippen LogP contribution in [0.2, 0.25) is 5.02 Å². The van der Waals surface area contributed by atoms with Crippen molar-refractivity contribution >= 4 is 35.2 Å². The summed E-state index contributed by atoms with van der Waals surface area (Å²) >= 11 is 5.78. The number of urea groups is 1. The fourth-order valence-electron chi connectivity index (χ4n) is 1.32. The van der Waals surface area contributed by atoms with E-state index >= 15 is 0 Å². The van der Waals surface area contributed by atoms with E-state index in [-0.39, 0.29) is 6.54 Å². The van der Waals surface area contributed by atoms with Gasteiger partial charge in [0.15, 0.2) is 0 Å². The van der Waals surface area contributed by atoms with Gasteiger partial charge >= 0.3 is 12.0 Å². The molecule has 0 heterocycles. The van der Waals surface area contributed by atoms with Crippen molar-refractivity contribution in [3.8, 4) is 0 Å². The molecule has 0 spiro atoms. The molecule has 0 saturated heterocycles. The number of carbonyl (C=O) groups is 3. The molecule has 0 saturated carbocycles. The zero-order chi connectivity index (χ0) is 14.4. The summed E-state index contributed by atoms with van der Waals surface area (Å²) in [5.41, 5.74) is 5.20. The number of carboxylic acids is 1. The lowest BCUT2D eigenvalue weighted by Gasteiger charge is -2.21. The predicted molar refractivity (Wildman–Crippen MR) is 69.0 cm³/mol. The van der Waals surface area contributed by atoms with Crippen molar-refractivity contribution in [2.75, 3.05) is 18.0 Å². The standard InChI is InChI=1S/C11H12ClN3O4/c12-7-2-1-3-8(4-7)15(6-10(17)18)11(19)14-5-9(13)16/h1-4H,5-6H2,(H2,13,16)(H,14,19)(H,17,18). The molecule has 102 valence electrons. The largest absolute Gasteiger partial charge is 0.480 e. The maximum atomic E-state index is 11.8. The molecule has 1 rings (SSSR count). The number of benzene rings is 1. The lowest BCUT2D eigenvalue weighted by Crippen LogP contribution is -2.45. The Morgan fingerprint density at radius 1 is 1.37 bits per heavy atom. The lowest BCUT2D eigenvalue weighted by atomic mass is 10.3. The first-order chi connectivity index (χ1) is 8.90. The van der Waals surface area contributed by atoms with E-state index in [0.717, 1.165) is 4.90 Å². The Morgan fingerprint density at radius 2 is 2.05 bits per heavy atom. The molecule has 0 fully saturated rings. The Labute approximate surface area is 113 Å². The molecule has 0 atom stereocenters. The zero-order valence-corrected chi connectivity index (χ0v) is 10.6. The van der Waals surface area contributed by atoms with E-state index in [0.29, 0.717) is 10.7 Å². The average molecular weight is 286 g/mol. The molecule has 19 heavy (non-hydrogen) atoms. The fourth-order valence-corrected chi connectivity index (χ4v) is 1.50. The van der Waals surface area contributed by atoms with E-state index in [1.165, 1.54) is 12.1 Å². The van der Waals surface area contributed by atoms with Crippen molar-refractivity contribution in [3.63, 3.8) is 0 Å². The summed E-state index contributed by atoms with van der Waals surface area (Å²) in [5.74, 6) is -1.93. The second-order valence-corrected chi connectivity index (χ2v) is 4.02. The Morgan fingerprint density at radius 3 is 2.58 bits per heavy atom. The SMILES string of the molecule is NC(=O)CNC(=O)N(CC(=O)O)c1cccc(Cl)c1. The van der Waals surface area contributed by atoms with Gasteiger partial charge < -0.3 is 16.2 Å². The van der Waals surface area contributed by atoms with E-state index in [1.807, 2.05) is 0 Å². The minimum absolute atomic E-state index is 0.303. The van der Waals surface area contributed by atoms with Gasteiger partial charge in [0.25, 0.3) is 0 Å². The molecular weight excluding hydrogens is 274 g/mol. The van der Waals surface area contributed by atoms with Crippen LogP contribution in [0.15, 0.2) is 24.3 Å². The van der Waals surface area contributed by atoms with E-state index < -0.39 is 24.5 Å². The summed E-state index contributed by atoms with van der Waals surface area (Å²) in [6.45, 7) is -0.944. The highest BCUT2D eigenvalue weighted by Crippen LogP contribution is 2.19. The first kappa shape index (κ1) is 14.8. The van der Waals surface area contributed by atoms with Crippen LogP contribution >= 0.6 is 11.6 Å². The van der Waals surface area contributed by atoms with Gasteiger partial charge in [0, 0.05) is 10.7 Å². The molecule has 1 aromatic carbocycles. The smallest absolute Gasteiger partial charge is 0.323 e. The number of aliphatic carboxylic acids is 1. The normalized spacial score (nSPS) is 9.74. The maximum Gasteiger partial charge on any atom is 0.323 e. The van der Waals surface area contributed by atoms with Crippen LogP contribution in [0.5, 0.6) is 0 Å². The van der Waals surface area contributed by atoms with Crippen molar-refractivity contribution in [2.45, 2.75) is 0 Å². The first-order valence-corrected chi connectivity index (χ1v) is 5.59. The van der Waals surface area contributed by atoms with Crippen LogP contribution in [0.3, 0.4) is 0 Å². The van der Waals surface area contributed by atoms with Gasteiger partial charge in [0.05, 0.1) is 6.54 Å². The number of anilines is 1. The number of nitrogens with one attached hydrogen (secondary N) is 1. The van der Waals surface area contributed by atoms with Crippen LogP contribution in [0, 0.1) is 0 Å². The molecule has 7 nitrogen and oxygen atoms in total. The lowest BCUT2D eigenvalue weighted by molar-refractivity contribution is -0.135. The average Bonchev–Trinajstić information content (AvgIpc) is 2.32. The van der Waals surface area contributed by atoms with Crippen molar-refractivity contribution < 1.29 is 19.5 Å². The topological polar surface area (TPSA) is 113 Å². The summed E-state index contributed by atoms with van der Waals surface area (Å²) in [6, 6.07) is 5.38. The molecule has 0 aromatic heterocycles. The van der Waals surface area contributed by atoms with Gasteiger partial charge in [-0.25, -0.2) is 4.79 Å². The Balaban J connectivity index is 2.91. The Bertz CT molecular complexity index is 506. The van der Waals surface area contributed by atoms with E-state index in [1.54, 1.807) is 12.1 Å².